The zero-order chi connectivity index (χ0) is 9.45. The maximum Gasteiger partial charge on any atom is 0.410 e. The van der Waals surface area contributed by atoms with Crippen LogP contribution in [0.4, 0.5) is 0 Å². The Balaban J connectivity index is 3.01. The fraction of sp³-hybridized carbons (Fsp3) is 1.00. The lowest BCUT2D eigenvalue weighted by atomic mass is 10.7. The van der Waals surface area contributed by atoms with Gasteiger partial charge in [-0.15, -0.1) is 0 Å². The molecule has 0 radical (unpaired) electrons. The van der Waals surface area contributed by atoms with Crippen molar-refractivity contribution in [3.8, 4) is 0 Å². The Bertz CT molecular complexity index is 105. The number of rotatable bonds is 7. The van der Waals surface area contributed by atoms with Crippen molar-refractivity contribution in [1.29, 1.82) is 0 Å². The summed E-state index contributed by atoms with van der Waals surface area (Å²) in [5.41, 5.74) is 0. The number of hydrogen-bond acceptors (Lipinski definition) is 3. The number of ether oxygens (including phenoxy) is 1. The Labute approximate surface area is 84.3 Å². The van der Waals surface area contributed by atoms with Crippen LogP contribution in [-0.2, 0) is 13.0 Å². The fourth-order valence-corrected chi connectivity index (χ4v) is 1.51. The van der Waals surface area contributed by atoms with Gasteiger partial charge in [-0.2, -0.15) is 0 Å². The van der Waals surface area contributed by atoms with Crippen molar-refractivity contribution in [2.45, 2.75) is 19.6 Å². The molecule has 0 N–H and O–H groups in total. The molecular formula is C7H19AlO3Si. The molecule has 0 spiro atoms. The highest BCUT2D eigenvalue weighted by Gasteiger charge is 2.12. The molecule has 0 aromatic rings. The Morgan fingerprint density at radius 3 is 2.08 bits per heavy atom. The van der Waals surface area contributed by atoms with Gasteiger partial charge in [-0.25, -0.2) is 0 Å². The lowest BCUT2D eigenvalue weighted by Gasteiger charge is -2.16. The normalized spacial score (nSPS) is 11.9. The van der Waals surface area contributed by atoms with E-state index in [1.54, 1.807) is 0 Å². The first-order valence-electron chi connectivity index (χ1n) is 4.27. The predicted molar refractivity (Wildman–Crippen MR) is 54.6 cm³/mol. The molecule has 0 saturated heterocycles. The monoisotopic (exact) mass is 206 g/mol. The highest BCUT2D eigenvalue weighted by atomic mass is 28.4. The van der Waals surface area contributed by atoms with Crippen molar-refractivity contribution in [3.63, 3.8) is 0 Å². The topological polar surface area (TPSA) is 27.7 Å². The summed E-state index contributed by atoms with van der Waals surface area (Å²) in [5.74, 6) is 0. The highest BCUT2D eigenvalue weighted by molar-refractivity contribution is 6.69. The first-order chi connectivity index (χ1) is 5.56. The zero-order valence-corrected chi connectivity index (χ0v) is 11.6. The summed E-state index contributed by atoms with van der Waals surface area (Å²) in [6.45, 7) is 9.35. The maximum absolute atomic E-state index is 5.59. The molecule has 0 heterocycles. The predicted octanol–water partition coefficient (Wildman–Crippen LogP) is 0.419. The summed E-state index contributed by atoms with van der Waals surface area (Å²) in [5, 5.41) is 0. The molecule has 12 heavy (non-hydrogen) atoms. The zero-order valence-electron chi connectivity index (χ0n) is 8.55. The van der Waals surface area contributed by atoms with E-state index in [4.69, 9.17) is 13.0 Å². The summed E-state index contributed by atoms with van der Waals surface area (Å²) in [6.07, 6.45) is 0. The van der Waals surface area contributed by atoms with E-state index >= 15 is 0 Å². The largest absolute Gasteiger partial charge is 0.504 e. The van der Waals surface area contributed by atoms with E-state index in [-0.39, 0.29) is 0 Å². The van der Waals surface area contributed by atoms with Gasteiger partial charge in [0.25, 0.3) is 0 Å². The molecule has 0 fully saturated rings. The molecule has 0 aromatic carbocycles. The molecular weight excluding hydrogens is 187 g/mol. The van der Waals surface area contributed by atoms with Gasteiger partial charge in [-0.05, 0) is 19.6 Å². The molecule has 0 saturated carbocycles. The summed E-state index contributed by atoms with van der Waals surface area (Å²) in [4.78, 5) is 0. The first-order valence-corrected chi connectivity index (χ1v) is 8.49. The summed E-state index contributed by atoms with van der Waals surface area (Å²) in [7, 11) is -1.33. The van der Waals surface area contributed by atoms with Crippen LogP contribution >= 0.6 is 0 Å². The Morgan fingerprint density at radius 1 is 1.00 bits per heavy atom. The second-order valence-electron chi connectivity index (χ2n) is 3.57. The van der Waals surface area contributed by atoms with E-state index in [0.29, 0.717) is 13.2 Å². The van der Waals surface area contributed by atoms with E-state index < -0.39 is 8.32 Å². The third-order valence-electron chi connectivity index (χ3n) is 1.19. The van der Waals surface area contributed by atoms with Crippen molar-refractivity contribution in [1.82, 2.24) is 0 Å². The Kier molecular flexibility index (Phi) is 7.44. The second kappa shape index (κ2) is 7.07. The third kappa shape index (κ3) is 10.6. The molecule has 3 nitrogen and oxygen atoms in total. The van der Waals surface area contributed by atoms with Crippen LogP contribution in [0.5, 0.6) is 0 Å². The van der Waals surface area contributed by atoms with Crippen molar-refractivity contribution >= 4 is 24.9 Å². The average Bonchev–Trinajstić information content (AvgIpc) is 1.94. The molecule has 0 bridgehead atoms. The first kappa shape index (κ1) is 12.6. The summed E-state index contributed by atoms with van der Waals surface area (Å²) in [6, 6.07) is 0. The van der Waals surface area contributed by atoms with E-state index in [1.807, 2.05) is 0 Å². The lowest BCUT2D eigenvalue weighted by Crippen LogP contribution is -2.27. The molecule has 0 aliphatic heterocycles. The van der Waals surface area contributed by atoms with Gasteiger partial charge in [0.05, 0.1) is 19.8 Å². The van der Waals surface area contributed by atoms with Gasteiger partial charge >= 0.3 is 16.6 Å². The van der Waals surface area contributed by atoms with Crippen LogP contribution in [-0.4, -0.2) is 51.4 Å². The van der Waals surface area contributed by atoms with Gasteiger partial charge in [-0.3, -0.25) is 0 Å². The third-order valence-corrected chi connectivity index (χ3v) is 2.67. The van der Waals surface area contributed by atoms with Gasteiger partial charge < -0.3 is 13.0 Å². The van der Waals surface area contributed by atoms with Gasteiger partial charge in [0, 0.05) is 6.61 Å². The quantitative estimate of drug-likeness (QED) is 0.446. The average molecular weight is 206 g/mol. The second-order valence-corrected chi connectivity index (χ2v) is 8.66. The highest BCUT2D eigenvalue weighted by Crippen LogP contribution is 2.01. The van der Waals surface area contributed by atoms with Crippen LogP contribution in [0, 0.1) is 0 Å². The molecule has 5 heteroatoms. The van der Waals surface area contributed by atoms with Crippen LogP contribution in [0.25, 0.3) is 0 Å². The van der Waals surface area contributed by atoms with Crippen molar-refractivity contribution in [2.75, 3.05) is 26.4 Å². The molecule has 0 aliphatic rings. The van der Waals surface area contributed by atoms with Gasteiger partial charge in [-0.1, -0.05) is 0 Å². The molecule has 72 valence electrons. The minimum atomic E-state index is -1.33. The Hall–Kier alpha value is 0.629. The van der Waals surface area contributed by atoms with Crippen molar-refractivity contribution in [3.05, 3.63) is 0 Å². The maximum atomic E-state index is 5.59. The van der Waals surface area contributed by atoms with Gasteiger partial charge in [0.2, 0.25) is 0 Å². The lowest BCUT2D eigenvalue weighted by molar-refractivity contribution is 0.0769. The molecule has 0 rings (SSSR count). The van der Waals surface area contributed by atoms with Crippen LogP contribution in [0.3, 0.4) is 0 Å². The molecule has 0 aromatic heterocycles. The SMILES string of the molecule is C[Si](C)(C)OCCOCC[O][AlH2]. The molecule has 0 aliphatic carbocycles. The minimum absolute atomic E-state index is 0.690. The van der Waals surface area contributed by atoms with Crippen LogP contribution in [0.1, 0.15) is 0 Å². The smallest absolute Gasteiger partial charge is 0.410 e. The van der Waals surface area contributed by atoms with Crippen molar-refractivity contribution in [2.24, 2.45) is 0 Å². The number of hydrogen-bond donors (Lipinski definition) is 0. The van der Waals surface area contributed by atoms with Crippen LogP contribution < -0.4 is 0 Å². The van der Waals surface area contributed by atoms with E-state index in [2.05, 4.69) is 19.6 Å². The van der Waals surface area contributed by atoms with Gasteiger partial charge in [0.15, 0.2) is 8.32 Å². The molecule has 0 amide bonds. The van der Waals surface area contributed by atoms with E-state index in [1.165, 1.54) is 0 Å². The standard InChI is InChI=1S/C7H17O3Si.Al.2H/c1-11(2,3)10-7-6-9-5-4-8;;;/h4-7H2,1-3H3;;;/q-1;+1;;. The molecule has 0 atom stereocenters. The van der Waals surface area contributed by atoms with Crippen LogP contribution in [0.2, 0.25) is 19.6 Å². The van der Waals surface area contributed by atoms with Gasteiger partial charge in [0.1, 0.15) is 0 Å². The summed E-state index contributed by atoms with van der Waals surface area (Å²) >= 11 is 0.796. The molecule has 0 unspecified atom stereocenters. The van der Waals surface area contributed by atoms with E-state index in [9.17, 15) is 0 Å². The van der Waals surface area contributed by atoms with Crippen molar-refractivity contribution < 1.29 is 13.0 Å². The Morgan fingerprint density at radius 2 is 1.58 bits per heavy atom. The summed E-state index contributed by atoms with van der Waals surface area (Å²) < 4.78 is 15.8. The van der Waals surface area contributed by atoms with Crippen LogP contribution in [0.15, 0.2) is 0 Å². The fourth-order valence-electron chi connectivity index (χ4n) is 0.651. The van der Waals surface area contributed by atoms with E-state index in [0.717, 1.165) is 29.8 Å². The minimum Gasteiger partial charge on any atom is -0.504 e.